The number of H-pyrrole nitrogens is 2. The van der Waals surface area contributed by atoms with E-state index in [1.165, 1.54) is 0 Å². The number of imidazole rings is 1. The van der Waals surface area contributed by atoms with Gasteiger partial charge in [-0.05, 0) is 23.8 Å². The highest BCUT2D eigenvalue weighted by Crippen LogP contribution is 2.11. The molecule has 2 aromatic heterocycles. The Morgan fingerprint density at radius 1 is 1.15 bits per heavy atom. The second kappa shape index (κ2) is 4.96. The fourth-order valence-corrected chi connectivity index (χ4v) is 1.91. The zero-order valence-corrected chi connectivity index (χ0v) is 10.4. The smallest absolute Gasteiger partial charge is 0.306 e. The predicted octanol–water partition coefficient (Wildman–Crippen LogP) is 0.827. The van der Waals surface area contributed by atoms with Gasteiger partial charge in [0.05, 0.1) is 17.5 Å². The van der Waals surface area contributed by atoms with Crippen molar-refractivity contribution in [1.82, 2.24) is 19.9 Å². The number of fused-ring (bicyclic) bond motifs is 1. The van der Waals surface area contributed by atoms with Gasteiger partial charge >= 0.3 is 5.69 Å². The average molecular weight is 269 g/mol. The Balaban J connectivity index is 1.75. The summed E-state index contributed by atoms with van der Waals surface area (Å²) >= 11 is 0. The molecule has 0 atom stereocenters. The number of hydrogen-bond acceptors (Lipinski definition) is 4. The molecule has 0 fully saturated rings. The van der Waals surface area contributed by atoms with Gasteiger partial charge in [0.2, 0.25) is 11.9 Å². The van der Waals surface area contributed by atoms with E-state index >= 15 is 0 Å². The minimum absolute atomic E-state index is 0.182. The Bertz CT molecular complexity index is 806. The number of rotatable bonds is 3. The van der Waals surface area contributed by atoms with E-state index < -0.39 is 0 Å². The first-order valence-corrected chi connectivity index (χ1v) is 5.98. The van der Waals surface area contributed by atoms with Crippen molar-refractivity contribution < 1.29 is 4.79 Å². The molecule has 20 heavy (non-hydrogen) atoms. The van der Waals surface area contributed by atoms with Gasteiger partial charge < -0.3 is 9.97 Å². The molecule has 7 heteroatoms. The number of hydrogen-bond donors (Lipinski definition) is 3. The first kappa shape index (κ1) is 12.1. The summed E-state index contributed by atoms with van der Waals surface area (Å²) in [4.78, 5) is 36.1. The molecular weight excluding hydrogens is 258 g/mol. The quantitative estimate of drug-likeness (QED) is 0.655. The lowest BCUT2D eigenvalue weighted by molar-refractivity contribution is -0.115. The van der Waals surface area contributed by atoms with Crippen molar-refractivity contribution in [2.45, 2.75) is 6.42 Å². The van der Waals surface area contributed by atoms with Gasteiger partial charge in [-0.1, -0.05) is 6.07 Å². The molecule has 3 N–H and O–H groups in total. The Kier molecular flexibility index (Phi) is 3.00. The molecule has 0 aliphatic carbocycles. The van der Waals surface area contributed by atoms with Crippen molar-refractivity contribution >= 4 is 22.9 Å². The summed E-state index contributed by atoms with van der Waals surface area (Å²) in [5.74, 6) is 0.0575. The molecule has 1 aromatic carbocycles. The Morgan fingerprint density at radius 2 is 1.90 bits per heavy atom. The molecule has 0 bridgehead atoms. The molecule has 0 saturated carbocycles. The second-order valence-electron chi connectivity index (χ2n) is 4.26. The molecule has 3 aromatic rings. The topological polar surface area (TPSA) is 104 Å². The first-order valence-electron chi connectivity index (χ1n) is 5.98. The normalized spacial score (nSPS) is 10.6. The van der Waals surface area contributed by atoms with Crippen LogP contribution in [0.15, 0.2) is 41.5 Å². The number of amides is 1. The Morgan fingerprint density at radius 3 is 2.70 bits per heavy atom. The van der Waals surface area contributed by atoms with Crippen LogP contribution in [0, 0.1) is 0 Å². The highest BCUT2D eigenvalue weighted by atomic mass is 16.2. The maximum absolute atomic E-state index is 11.9. The van der Waals surface area contributed by atoms with Gasteiger partial charge in [0.1, 0.15) is 0 Å². The number of aromatic nitrogens is 4. The highest BCUT2D eigenvalue weighted by molar-refractivity contribution is 5.91. The molecule has 0 saturated heterocycles. The minimum Gasteiger partial charge on any atom is -0.306 e. The lowest BCUT2D eigenvalue weighted by Crippen LogP contribution is -2.16. The standard InChI is InChI=1S/C13H11N5O2/c19-11(18-12-14-4-1-5-15-12)7-8-2-3-9-10(6-8)17-13(20)16-9/h1-6H,7H2,(H2,16,17,20)(H,14,15,18,19). The van der Waals surface area contributed by atoms with Crippen LogP contribution < -0.4 is 11.0 Å². The molecule has 3 rings (SSSR count). The Labute approximate surface area is 113 Å². The summed E-state index contributed by atoms with van der Waals surface area (Å²) in [6, 6.07) is 6.98. The fraction of sp³-hybridized carbons (Fsp3) is 0.0769. The van der Waals surface area contributed by atoms with Gasteiger partial charge in [-0.3, -0.25) is 10.1 Å². The van der Waals surface area contributed by atoms with E-state index in [9.17, 15) is 9.59 Å². The highest BCUT2D eigenvalue weighted by Gasteiger charge is 2.07. The predicted molar refractivity (Wildman–Crippen MR) is 73.3 cm³/mol. The fourth-order valence-electron chi connectivity index (χ4n) is 1.91. The molecule has 0 unspecified atom stereocenters. The summed E-state index contributed by atoms with van der Waals surface area (Å²) in [5.41, 5.74) is 1.92. The van der Waals surface area contributed by atoms with Crippen molar-refractivity contribution in [3.05, 3.63) is 52.7 Å². The third-order valence-electron chi connectivity index (χ3n) is 2.76. The summed E-state index contributed by atoms with van der Waals surface area (Å²) in [7, 11) is 0. The van der Waals surface area contributed by atoms with Crippen molar-refractivity contribution in [3.63, 3.8) is 0 Å². The van der Waals surface area contributed by atoms with Crippen LogP contribution >= 0.6 is 0 Å². The molecule has 100 valence electrons. The van der Waals surface area contributed by atoms with Crippen LogP contribution in [0.3, 0.4) is 0 Å². The van der Waals surface area contributed by atoms with Gasteiger partial charge in [0, 0.05) is 12.4 Å². The molecule has 0 spiro atoms. The van der Waals surface area contributed by atoms with Crippen molar-refractivity contribution in [1.29, 1.82) is 0 Å². The van der Waals surface area contributed by atoms with Crippen LogP contribution in [0.2, 0.25) is 0 Å². The number of aromatic amines is 2. The molecule has 7 nitrogen and oxygen atoms in total. The van der Waals surface area contributed by atoms with Gasteiger partial charge in [-0.15, -0.1) is 0 Å². The van der Waals surface area contributed by atoms with E-state index in [0.717, 1.165) is 5.56 Å². The number of nitrogens with zero attached hydrogens (tertiary/aromatic N) is 2. The maximum Gasteiger partial charge on any atom is 0.323 e. The van der Waals surface area contributed by atoms with Gasteiger partial charge in [0.15, 0.2) is 0 Å². The summed E-state index contributed by atoms with van der Waals surface area (Å²) < 4.78 is 0. The van der Waals surface area contributed by atoms with Gasteiger partial charge in [-0.2, -0.15) is 0 Å². The zero-order valence-electron chi connectivity index (χ0n) is 10.4. The maximum atomic E-state index is 11.9. The summed E-state index contributed by atoms with van der Waals surface area (Å²) in [6.45, 7) is 0. The third-order valence-corrected chi connectivity index (χ3v) is 2.76. The number of carbonyl (C=O) groups is 1. The van der Waals surface area contributed by atoms with Crippen molar-refractivity contribution in [2.24, 2.45) is 0 Å². The van der Waals surface area contributed by atoms with E-state index in [1.54, 1.807) is 36.7 Å². The number of benzene rings is 1. The zero-order chi connectivity index (χ0) is 13.9. The molecular formula is C13H11N5O2. The van der Waals surface area contributed by atoms with Crippen LogP contribution in [-0.4, -0.2) is 25.8 Å². The second-order valence-corrected chi connectivity index (χ2v) is 4.26. The first-order chi connectivity index (χ1) is 9.70. The molecule has 0 radical (unpaired) electrons. The van der Waals surface area contributed by atoms with E-state index in [1.807, 2.05) is 0 Å². The van der Waals surface area contributed by atoms with Crippen LogP contribution in [0.5, 0.6) is 0 Å². The minimum atomic E-state index is -0.265. The SMILES string of the molecule is O=C(Cc1ccc2[nH]c(=O)[nH]c2c1)Nc1ncccn1. The number of carbonyl (C=O) groups excluding carboxylic acids is 1. The van der Waals surface area contributed by atoms with E-state index in [-0.39, 0.29) is 24.0 Å². The van der Waals surface area contributed by atoms with Crippen molar-refractivity contribution in [2.75, 3.05) is 5.32 Å². The largest absolute Gasteiger partial charge is 0.323 e. The number of anilines is 1. The molecule has 0 aliphatic heterocycles. The average Bonchev–Trinajstić information content (AvgIpc) is 2.79. The third kappa shape index (κ3) is 2.56. The van der Waals surface area contributed by atoms with E-state index in [4.69, 9.17) is 0 Å². The van der Waals surface area contributed by atoms with Crippen molar-refractivity contribution in [3.8, 4) is 0 Å². The monoisotopic (exact) mass is 269 g/mol. The van der Waals surface area contributed by atoms with E-state index in [2.05, 4.69) is 25.3 Å². The molecule has 0 aliphatic rings. The summed E-state index contributed by atoms with van der Waals surface area (Å²) in [6.07, 6.45) is 3.29. The van der Waals surface area contributed by atoms with Crippen LogP contribution in [-0.2, 0) is 11.2 Å². The lowest BCUT2D eigenvalue weighted by atomic mass is 10.1. The van der Waals surface area contributed by atoms with Crippen LogP contribution in [0.1, 0.15) is 5.56 Å². The lowest BCUT2D eigenvalue weighted by Gasteiger charge is -2.03. The number of nitrogens with one attached hydrogen (secondary N) is 3. The molecule has 2 heterocycles. The van der Waals surface area contributed by atoms with Gasteiger partial charge in [-0.25, -0.2) is 14.8 Å². The van der Waals surface area contributed by atoms with Gasteiger partial charge in [0.25, 0.3) is 0 Å². The summed E-state index contributed by atoms with van der Waals surface area (Å²) in [5, 5.41) is 2.60. The van der Waals surface area contributed by atoms with E-state index in [0.29, 0.717) is 11.0 Å². The Hall–Kier alpha value is -2.96. The molecule has 1 amide bonds. The van der Waals surface area contributed by atoms with Crippen LogP contribution in [0.25, 0.3) is 11.0 Å². The van der Waals surface area contributed by atoms with Crippen LogP contribution in [0.4, 0.5) is 5.95 Å².